The van der Waals surface area contributed by atoms with Crippen LogP contribution < -0.4 is 10.6 Å². The Morgan fingerprint density at radius 2 is 2.00 bits per heavy atom. The number of carbonyl (C=O) groups excluding carboxylic acids is 1. The molecule has 0 bridgehead atoms. The Kier molecular flexibility index (Phi) is 4.39. The fourth-order valence-electron chi connectivity index (χ4n) is 3.45. The Morgan fingerprint density at radius 3 is 2.81 bits per heavy atom. The van der Waals surface area contributed by atoms with Crippen LogP contribution in [-0.2, 0) is 7.05 Å². The van der Waals surface area contributed by atoms with Gasteiger partial charge in [-0.2, -0.15) is 15.1 Å². The molecular weight excluding hydrogens is 342 g/mol. The van der Waals surface area contributed by atoms with Crippen LogP contribution in [0.4, 0.5) is 11.8 Å². The van der Waals surface area contributed by atoms with Gasteiger partial charge in [0.15, 0.2) is 5.65 Å². The highest BCUT2D eigenvalue weighted by Crippen LogP contribution is 2.21. The van der Waals surface area contributed by atoms with Crippen LogP contribution >= 0.6 is 0 Å². The molecule has 3 heterocycles. The number of nitrogen functional groups attached to an aromatic ring is 1. The minimum absolute atomic E-state index is 0.0723. The van der Waals surface area contributed by atoms with Crippen LogP contribution in [-0.4, -0.2) is 56.7 Å². The average molecular weight is 365 g/mol. The molecule has 4 rings (SSSR count). The molecule has 140 valence electrons. The Bertz CT molecular complexity index is 997. The van der Waals surface area contributed by atoms with E-state index in [0.717, 1.165) is 35.1 Å². The highest BCUT2D eigenvalue weighted by molar-refractivity contribution is 5.94. The number of hydrogen-bond donors (Lipinski definition) is 1. The summed E-state index contributed by atoms with van der Waals surface area (Å²) < 4.78 is 1.70. The van der Waals surface area contributed by atoms with E-state index in [4.69, 9.17) is 5.73 Å². The van der Waals surface area contributed by atoms with Gasteiger partial charge >= 0.3 is 0 Å². The molecule has 0 spiro atoms. The maximum atomic E-state index is 12.8. The molecule has 8 heteroatoms. The van der Waals surface area contributed by atoms with Gasteiger partial charge < -0.3 is 15.5 Å². The summed E-state index contributed by atoms with van der Waals surface area (Å²) in [6.07, 6.45) is 2.53. The Balaban J connectivity index is 1.53. The van der Waals surface area contributed by atoms with Crippen molar-refractivity contribution in [3.05, 3.63) is 41.6 Å². The molecule has 0 unspecified atom stereocenters. The Labute approximate surface area is 157 Å². The maximum Gasteiger partial charge on any atom is 0.253 e. The predicted molar refractivity (Wildman–Crippen MR) is 105 cm³/mol. The first-order valence-electron chi connectivity index (χ1n) is 9.09. The van der Waals surface area contributed by atoms with Gasteiger partial charge in [-0.05, 0) is 25.5 Å². The first-order valence-corrected chi connectivity index (χ1v) is 9.09. The highest BCUT2D eigenvalue weighted by atomic mass is 16.2. The van der Waals surface area contributed by atoms with Crippen molar-refractivity contribution in [1.82, 2.24) is 24.6 Å². The van der Waals surface area contributed by atoms with E-state index in [0.29, 0.717) is 31.4 Å². The molecule has 1 aliphatic heterocycles. The largest absolute Gasteiger partial charge is 0.383 e. The number of rotatable bonds is 2. The summed E-state index contributed by atoms with van der Waals surface area (Å²) in [5, 5.41) is 4.96. The van der Waals surface area contributed by atoms with E-state index >= 15 is 0 Å². The molecule has 27 heavy (non-hydrogen) atoms. The summed E-state index contributed by atoms with van der Waals surface area (Å²) in [5.74, 6) is 1.09. The SMILES string of the molecule is Cc1cccc(C(=O)N2CCCN(c3nc(N)c4cnn(C)c4n3)CC2)c1. The molecule has 0 atom stereocenters. The quantitative estimate of drug-likeness (QED) is 0.742. The molecule has 1 aliphatic rings. The molecule has 1 fully saturated rings. The van der Waals surface area contributed by atoms with Gasteiger partial charge in [-0.25, -0.2) is 0 Å². The van der Waals surface area contributed by atoms with Crippen LogP contribution in [0.3, 0.4) is 0 Å². The van der Waals surface area contributed by atoms with Crippen LogP contribution in [0.5, 0.6) is 0 Å². The summed E-state index contributed by atoms with van der Waals surface area (Å²) in [4.78, 5) is 25.9. The van der Waals surface area contributed by atoms with Gasteiger partial charge in [-0.1, -0.05) is 17.7 Å². The van der Waals surface area contributed by atoms with Crippen molar-refractivity contribution in [1.29, 1.82) is 0 Å². The van der Waals surface area contributed by atoms with E-state index < -0.39 is 0 Å². The lowest BCUT2D eigenvalue weighted by atomic mass is 10.1. The molecule has 3 aromatic rings. The van der Waals surface area contributed by atoms with Gasteiger partial charge in [0, 0.05) is 38.8 Å². The number of fused-ring (bicyclic) bond motifs is 1. The van der Waals surface area contributed by atoms with E-state index in [2.05, 4.69) is 20.0 Å². The van der Waals surface area contributed by atoms with E-state index in [-0.39, 0.29) is 5.91 Å². The number of aryl methyl sites for hydroxylation is 2. The third kappa shape index (κ3) is 3.30. The Hall–Kier alpha value is -3.16. The Morgan fingerprint density at radius 1 is 1.15 bits per heavy atom. The van der Waals surface area contributed by atoms with Gasteiger partial charge in [0.25, 0.3) is 5.91 Å². The van der Waals surface area contributed by atoms with E-state index in [1.54, 1.807) is 10.9 Å². The van der Waals surface area contributed by atoms with Crippen LogP contribution in [0.25, 0.3) is 11.0 Å². The van der Waals surface area contributed by atoms with Crippen molar-refractivity contribution in [2.75, 3.05) is 36.8 Å². The average Bonchev–Trinajstić information content (AvgIpc) is 2.89. The van der Waals surface area contributed by atoms with Crippen LogP contribution in [0, 0.1) is 6.92 Å². The number of hydrogen-bond acceptors (Lipinski definition) is 6. The molecule has 0 saturated carbocycles. The summed E-state index contributed by atoms with van der Waals surface area (Å²) in [6, 6.07) is 7.73. The van der Waals surface area contributed by atoms with Gasteiger partial charge in [-0.15, -0.1) is 0 Å². The topological polar surface area (TPSA) is 93.2 Å². The number of nitrogens with zero attached hydrogens (tertiary/aromatic N) is 6. The second-order valence-electron chi connectivity index (χ2n) is 6.92. The standard InChI is InChI=1S/C19H23N7O/c1-13-5-3-6-14(11-13)18(27)25-7-4-8-26(10-9-25)19-22-16(20)15-12-21-24(2)17(15)23-19/h3,5-6,11-12H,4,7-10H2,1-2H3,(H2,20,22,23). The van der Waals surface area contributed by atoms with Gasteiger partial charge in [0.05, 0.1) is 11.6 Å². The molecule has 2 N–H and O–H groups in total. The molecule has 1 amide bonds. The third-order valence-corrected chi connectivity index (χ3v) is 4.94. The molecule has 0 aliphatic carbocycles. The smallest absolute Gasteiger partial charge is 0.253 e. The molecule has 0 radical (unpaired) electrons. The highest BCUT2D eigenvalue weighted by Gasteiger charge is 2.22. The summed E-state index contributed by atoms with van der Waals surface area (Å²) >= 11 is 0. The zero-order valence-electron chi connectivity index (χ0n) is 15.6. The van der Waals surface area contributed by atoms with Gasteiger partial charge in [0.1, 0.15) is 5.82 Å². The van der Waals surface area contributed by atoms with Crippen LogP contribution in [0.15, 0.2) is 30.5 Å². The normalized spacial score (nSPS) is 15.2. The number of benzene rings is 1. The van der Waals surface area contributed by atoms with Crippen molar-refractivity contribution in [3.8, 4) is 0 Å². The van der Waals surface area contributed by atoms with Crippen molar-refractivity contribution < 1.29 is 4.79 Å². The summed E-state index contributed by atoms with van der Waals surface area (Å²) in [6.45, 7) is 4.78. The molecular formula is C19H23N7O. The lowest BCUT2D eigenvalue weighted by Gasteiger charge is -2.22. The first kappa shape index (κ1) is 17.3. The maximum absolute atomic E-state index is 12.8. The van der Waals surface area contributed by atoms with E-state index in [9.17, 15) is 4.79 Å². The van der Waals surface area contributed by atoms with Crippen LogP contribution in [0.2, 0.25) is 0 Å². The minimum atomic E-state index is 0.0723. The van der Waals surface area contributed by atoms with E-state index in [1.807, 2.05) is 43.1 Å². The number of amides is 1. The lowest BCUT2D eigenvalue weighted by Crippen LogP contribution is -2.35. The molecule has 1 saturated heterocycles. The number of anilines is 2. The van der Waals surface area contributed by atoms with Crippen molar-refractivity contribution >= 4 is 28.7 Å². The zero-order valence-corrected chi connectivity index (χ0v) is 15.6. The van der Waals surface area contributed by atoms with Crippen molar-refractivity contribution in [3.63, 3.8) is 0 Å². The van der Waals surface area contributed by atoms with E-state index in [1.165, 1.54) is 0 Å². The minimum Gasteiger partial charge on any atom is -0.383 e. The van der Waals surface area contributed by atoms with Gasteiger partial charge in [0.2, 0.25) is 5.95 Å². The lowest BCUT2D eigenvalue weighted by molar-refractivity contribution is 0.0767. The molecule has 2 aromatic heterocycles. The monoisotopic (exact) mass is 365 g/mol. The number of carbonyl (C=O) groups is 1. The second-order valence-corrected chi connectivity index (χ2v) is 6.92. The molecule has 8 nitrogen and oxygen atoms in total. The predicted octanol–water partition coefficient (Wildman–Crippen LogP) is 1.61. The number of aromatic nitrogens is 4. The van der Waals surface area contributed by atoms with Gasteiger partial charge in [-0.3, -0.25) is 9.48 Å². The summed E-state index contributed by atoms with van der Waals surface area (Å²) in [5.41, 5.74) is 8.63. The third-order valence-electron chi connectivity index (χ3n) is 4.94. The van der Waals surface area contributed by atoms with Crippen molar-refractivity contribution in [2.45, 2.75) is 13.3 Å². The zero-order chi connectivity index (χ0) is 19.0. The number of nitrogens with two attached hydrogens (primary N) is 1. The summed E-state index contributed by atoms with van der Waals surface area (Å²) in [7, 11) is 1.84. The first-order chi connectivity index (χ1) is 13.0. The molecule has 1 aromatic carbocycles. The fourth-order valence-corrected chi connectivity index (χ4v) is 3.45. The fraction of sp³-hybridized carbons (Fsp3) is 0.368. The van der Waals surface area contributed by atoms with Crippen LogP contribution in [0.1, 0.15) is 22.3 Å². The van der Waals surface area contributed by atoms with Crippen molar-refractivity contribution in [2.24, 2.45) is 7.05 Å². The second kappa shape index (κ2) is 6.86.